The summed E-state index contributed by atoms with van der Waals surface area (Å²) >= 11 is 1.26. The van der Waals surface area contributed by atoms with Crippen LogP contribution in [0.25, 0.3) is 0 Å². The van der Waals surface area contributed by atoms with Crippen LogP contribution in [0.15, 0.2) is 30.3 Å². The second kappa shape index (κ2) is 6.71. The third-order valence-corrected chi connectivity index (χ3v) is 6.53. The number of hydrogen-bond donors (Lipinski definition) is 2. The van der Waals surface area contributed by atoms with Crippen LogP contribution in [0.4, 0.5) is 8.78 Å². The Morgan fingerprint density at radius 2 is 2.00 bits per heavy atom. The lowest BCUT2D eigenvalue weighted by Crippen LogP contribution is -2.62. The Labute approximate surface area is 166 Å². The zero-order chi connectivity index (χ0) is 20.9. The summed E-state index contributed by atoms with van der Waals surface area (Å²) in [5.41, 5.74) is 0.246. The molecule has 5 nitrogen and oxygen atoms in total. The highest BCUT2D eigenvalue weighted by Crippen LogP contribution is 2.43. The van der Waals surface area contributed by atoms with Crippen molar-refractivity contribution in [2.75, 3.05) is 7.05 Å². The smallest absolute Gasteiger partial charge is 0.270 e. The molecule has 3 rings (SSSR count). The number of likely N-dealkylation sites (N-methyl/N-ethyl adjacent to an activating group) is 1. The number of hydrogen-bond acceptors (Lipinski definition) is 4. The van der Waals surface area contributed by atoms with E-state index in [0.29, 0.717) is 10.4 Å². The maximum atomic E-state index is 13.6. The van der Waals surface area contributed by atoms with Crippen molar-refractivity contribution in [2.24, 2.45) is 0 Å². The molecular formula is C19H19BF2N4OS. The van der Waals surface area contributed by atoms with Gasteiger partial charge in [-0.1, -0.05) is 35.8 Å². The minimum Gasteiger partial charge on any atom is -0.345 e. The number of nitriles is 1. The number of nitrogens with one attached hydrogen (secondary N) is 2. The first kappa shape index (κ1) is 20.0. The van der Waals surface area contributed by atoms with Gasteiger partial charge in [0.1, 0.15) is 13.9 Å². The van der Waals surface area contributed by atoms with Crippen molar-refractivity contribution in [1.82, 2.24) is 10.2 Å². The molecule has 28 heavy (non-hydrogen) atoms. The Bertz CT molecular complexity index is 993. The van der Waals surface area contributed by atoms with Crippen molar-refractivity contribution in [3.8, 4) is 6.07 Å². The van der Waals surface area contributed by atoms with Gasteiger partial charge in [-0.2, -0.15) is 5.26 Å². The maximum absolute atomic E-state index is 13.6. The summed E-state index contributed by atoms with van der Waals surface area (Å²) in [6, 6.07) is 9.69. The second-order valence-electron chi connectivity index (χ2n) is 7.25. The van der Waals surface area contributed by atoms with E-state index in [2.05, 4.69) is 11.4 Å². The third-order valence-electron chi connectivity index (χ3n) is 5.15. The molecule has 2 atom stereocenters. The first-order chi connectivity index (χ1) is 13.0. The predicted molar refractivity (Wildman–Crippen MR) is 107 cm³/mol. The summed E-state index contributed by atoms with van der Waals surface area (Å²) < 4.78 is 27.2. The van der Waals surface area contributed by atoms with E-state index < -0.39 is 17.4 Å². The number of guanidine groups is 1. The van der Waals surface area contributed by atoms with Crippen molar-refractivity contribution < 1.29 is 13.6 Å². The summed E-state index contributed by atoms with van der Waals surface area (Å²) in [6.45, 7) is 2.62. The van der Waals surface area contributed by atoms with Gasteiger partial charge in [0.05, 0.1) is 16.3 Å². The number of nitrogens with zero attached hydrogens (tertiary/aromatic N) is 2. The van der Waals surface area contributed by atoms with Crippen LogP contribution in [0, 0.1) is 16.7 Å². The number of amides is 1. The van der Waals surface area contributed by atoms with Crippen LogP contribution in [-0.4, -0.2) is 31.7 Å². The molecule has 0 unspecified atom stereocenters. The number of thiophene rings is 1. The molecule has 2 N–H and O–H groups in total. The van der Waals surface area contributed by atoms with Crippen molar-refractivity contribution in [2.45, 2.75) is 31.2 Å². The first-order valence-corrected chi connectivity index (χ1v) is 9.44. The molecule has 1 aliphatic rings. The number of rotatable bonds is 3. The number of halogens is 2. The first-order valence-electron chi connectivity index (χ1n) is 8.62. The van der Waals surface area contributed by atoms with E-state index >= 15 is 0 Å². The Balaban J connectivity index is 2.14. The highest BCUT2D eigenvalue weighted by molar-refractivity contribution is 7.13. The average molecular weight is 400 g/mol. The predicted octanol–water partition coefficient (Wildman–Crippen LogP) is 1.99. The molecule has 0 spiro atoms. The zero-order valence-corrected chi connectivity index (χ0v) is 16.7. The minimum absolute atomic E-state index is 0.0509. The lowest BCUT2D eigenvalue weighted by Gasteiger charge is -2.45. The van der Waals surface area contributed by atoms with Crippen LogP contribution >= 0.6 is 11.3 Å². The molecule has 0 bridgehead atoms. The third kappa shape index (κ3) is 3.18. The van der Waals surface area contributed by atoms with Gasteiger partial charge in [-0.3, -0.25) is 15.1 Å². The fourth-order valence-corrected chi connectivity index (χ4v) is 4.55. The summed E-state index contributed by atoms with van der Waals surface area (Å²) in [7, 11) is 3.32. The molecular weight excluding hydrogens is 381 g/mol. The van der Waals surface area contributed by atoms with Crippen LogP contribution < -0.4 is 10.8 Å². The number of benzene rings is 1. The maximum Gasteiger partial charge on any atom is 0.270 e. The molecule has 1 aliphatic heterocycles. The Hall–Kier alpha value is -2.73. The molecule has 1 amide bonds. The van der Waals surface area contributed by atoms with Crippen LogP contribution in [0.5, 0.6) is 0 Å². The SMILES string of the molecule is Bc1cc([C@@]2(C)NC(=N)N(C)C(=O)[C@H]2c2ccc(C(C)(F)F)cc2)sc1C#N. The molecule has 1 aromatic carbocycles. The minimum atomic E-state index is -2.97. The van der Waals surface area contributed by atoms with Gasteiger partial charge in [-0.25, -0.2) is 8.78 Å². The fraction of sp³-hybridized carbons (Fsp3) is 0.316. The van der Waals surface area contributed by atoms with Crippen molar-refractivity contribution in [3.63, 3.8) is 0 Å². The highest BCUT2D eigenvalue weighted by atomic mass is 32.1. The summed E-state index contributed by atoms with van der Waals surface area (Å²) in [5, 5.41) is 20.5. The molecule has 0 saturated carbocycles. The lowest BCUT2D eigenvalue weighted by molar-refractivity contribution is -0.131. The quantitative estimate of drug-likeness (QED) is 0.774. The topological polar surface area (TPSA) is 80.0 Å². The monoisotopic (exact) mass is 400 g/mol. The number of alkyl halides is 2. The van der Waals surface area contributed by atoms with Gasteiger partial charge in [-0.15, -0.1) is 11.3 Å². The largest absolute Gasteiger partial charge is 0.345 e. The number of carbonyl (C=O) groups is 1. The highest BCUT2D eigenvalue weighted by Gasteiger charge is 2.49. The van der Waals surface area contributed by atoms with Crippen molar-refractivity contribution >= 4 is 36.5 Å². The van der Waals surface area contributed by atoms with Crippen LogP contribution in [0.1, 0.15) is 40.6 Å². The number of carbonyl (C=O) groups excluding carboxylic acids is 1. The van der Waals surface area contributed by atoms with Crippen LogP contribution in [0.3, 0.4) is 0 Å². The van der Waals surface area contributed by atoms with Gasteiger partial charge in [0.15, 0.2) is 5.96 Å². The molecule has 1 saturated heterocycles. The van der Waals surface area contributed by atoms with Crippen LogP contribution in [0.2, 0.25) is 0 Å². The van der Waals surface area contributed by atoms with E-state index in [-0.39, 0.29) is 17.4 Å². The molecule has 144 valence electrons. The van der Waals surface area contributed by atoms with Gasteiger partial charge in [0, 0.05) is 24.4 Å². The molecule has 1 aromatic heterocycles. The Morgan fingerprint density at radius 1 is 1.39 bits per heavy atom. The van der Waals surface area contributed by atoms with E-state index in [1.807, 2.05) is 13.9 Å². The second-order valence-corrected chi connectivity index (χ2v) is 8.30. The van der Waals surface area contributed by atoms with E-state index in [4.69, 9.17) is 5.41 Å². The van der Waals surface area contributed by atoms with E-state index in [9.17, 15) is 18.8 Å². The lowest BCUT2D eigenvalue weighted by atomic mass is 9.76. The fourth-order valence-electron chi connectivity index (χ4n) is 3.45. The Kier molecular flexibility index (Phi) is 4.80. The summed E-state index contributed by atoms with van der Waals surface area (Å²) in [4.78, 5) is 15.6. The zero-order valence-electron chi connectivity index (χ0n) is 15.9. The average Bonchev–Trinajstić information content (AvgIpc) is 3.01. The van der Waals surface area contributed by atoms with Gasteiger partial charge in [-0.05, 0) is 12.5 Å². The molecule has 0 radical (unpaired) electrons. The van der Waals surface area contributed by atoms with Gasteiger partial charge >= 0.3 is 0 Å². The molecule has 1 fully saturated rings. The van der Waals surface area contributed by atoms with Gasteiger partial charge < -0.3 is 5.32 Å². The van der Waals surface area contributed by atoms with Crippen molar-refractivity contribution in [3.05, 3.63) is 51.2 Å². The summed E-state index contributed by atoms with van der Waals surface area (Å²) in [6.07, 6.45) is 0. The van der Waals surface area contributed by atoms with Crippen molar-refractivity contribution in [1.29, 1.82) is 10.7 Å². The summed E-state index contributed by atoms with van der Waals surface area (Å²) in [5.74, 6) is -4.07. The molecule has 9 heteroatoms. The van der Waals surface area contributed by atoms with E-state index in [1.54, 1.807) is 6.92 Å². The molecule has 2 heterocycles. The van der Waals surface area contributed by atoms with E-state index in [0.717, 1.165) is 17.3 Å². The Morgan fingerprint density at radius 3 is 2.50 bits per heavy atom. The normalized spacial score (nSPS) is 22.7. The van der Waals surface area contributed by atoms with Gasteiger partial charge in [0.2, 0.25) is 5.91 Å². The van der Waals surface area contributed by atoms with Crippen LogP contribution in [-0.2, 0) is 16.3 Å². The van der Waals surface area contributed by atoms with Gasteiger partial charge in [0.25, 0.3) is 5.92 Å². The molecule has 2 aromatic rings. The van der Waals surface area contributed by atoms with E-state index in [1.165, 1.54) is 47.5 Å². The standard InChI is InChI=1S/C19H19BF2N4OS/c1-18(14-8-12(20)13(9-23)28-14)15(16(27)26(3)17(24)25-18)10-4-6-11(7-5-10)19(2,21)22/h4-8,15H,20H2,1-3H3,(H2,24,25)/t15-,18-/m1/s1. The molecule has 0 aliphatic carbocycles.